The highest BCUT2D eigenvalue weighted by Crippen LogP contribution is 2.23. The minimum Gasteiger partial charge on any atom is -0.439 e. The van der Waals surface area contributed by atoms with Crippen LogP contribution in [0.2, 0.25) is 0 Å². The standard InChI is InChI=1S/C23H27N3O6S/c1-23(2,3)17-9-11-18(12-10-17)33(30,31)24-13-20(27)25-19(16-7-5-4-6-8-16)14-26-21(28)15-32-22(26)29/h4-12,19,24H,13-15H2,1-3H3,(H,25,27). The number of hydrogen-bond acceptors (Lipinski definition) is 6. The van der Waals surface area contributed by atoms with Gasteiger partial charge >= 0.3 is 6.09 Å². The fourth-order valence-corrected chi connectivity index (χ4v) is 4.27. The number of imide groups is 1. The van der Waals surface area contributed by atoms with E-state index >= 15 is 0 Å². The van der Waals surface area contributed by atoms with Gasteiger partial charge in [-0.05, 0) is 28.7 Å². The first kappa shape index (κ1) is 24.4. The second-order valence-corrected chi connectivity index (χ2v) is 10.5. The van der Waals surface area contributed by atoms with Crippen molar-refractivity contribution in [3.05, 3.63) is 65.7 Å². The van der Waals surface area contributed by atoms with Crippen LogP contribution in [-0.2, 0) is 29.8 Å². The van der Waals surface area contributed by atoms with Crippen LogP contribution in [0.3, 0.4) is 0 Å². The Morgan fingerprint density at radius 2 is 1.70 bits per heavy atom. The number of hydrogen-bond donors (Lipinski definition) is 2. The smallest absolute Gasteiger partial charge is 0.417 e. The highest BCUT2D eigenvalue weighted by atomic mass is 32.2. The number of amides is 3. The molecule has 1 saturated heterocycles. The zero-order valence-corrected chi connectivity index (χ0v) is 19.5. The summed E-state index contributed by atoms with van der Waals surface area (Å²) in [5.41, 5.74) is 1.52. The minimum absolute atomic E-state index is 0.0494. The molecule has 1 atom stereocenters. The highest BCUT2D eigenvalue weighted by Gasteiger charge is 2.33. The Bertz CT molecular complexity index is 1110. The summed E-state index contributed by atoms with van der Waals surface area (Å²) in [6.07, 6.45) is -0.783. The summed E-state index contributed by atoms with van der Waals surface area (Å²) in [5.74, 6) is -1.12. The van der Waals surface area contributed by atoms with Crippen LogP contribution in [0.5, 0.6) is 0 Å². The first-order valence-electron chi connectivity index (χ1n) is 10.4. The summed E-state index contributed by atoms with van der Waals surface area (Å²) in [5, 5.41) is 2.69. The molecule has 1 unspecified atom stereocenters. The van der Waals surface area contributed by atoms with Crippen LogP contribution in [0.1, 0.15) is 37.9 Å². The summed E-state index contributed by atoms with van der Waals surface area (Å²) >= 11 is 0. The molecule has 1 aliphatic heterocycles. The van der Waals surface area contributed by atoms with Gasteiger partial charge in [0.25, 0.3) is 5.91 Å². The van der Waals surface area contributed by atoms with E-state index in [0.29, 0.717) is 5.56 Å². The average molecular weight is 474 g/mol. The molecule has 2 N–H and O–H groups in total. The second kappa shape index (κ2) is 9.72. The van der Waals surface area contributed by atoms with Crippen LogP contribution < -0.4 is 10.0 Å². The quantitative estimate of drug-likeness (QED) is 0.606. The van der Waals surface area contributed by atoms with Gasteiger partial charge in [-0.25, -0.2) is 22.8 Å². The van der Waals surface area contributed by atoms with E-state index in [1.165, 1.54) is 12.1 Å². The zero-order chi connectivity index (χ0) is 24.2. The van der Waals surface area contributed by atoms with Crippen LogP contribution in [0.25, 0.3) is 0 Å². The van der Waals surface area contributed by atoms with Crippen molar-refractivity contribution in [2.45, 2.75) is 37.1 Å². The Morgan fingerprint density at radius 3 is 2.24 bits per heavy atom. The van der Waals surface area contributed by atoms with Crippen molar-refractivity contribution >= 4 is 27.9 Å². The van der Waals surface area contributed by atoms with Crippen LogP contribution in [0.15, 0.2) is 59.5 Å². The number of nitrogens with zero attached hydrogens (tertiary/aromatic N) is 1. The molecule has 3 amide bonds. The van der Waals surface area contributed by atoms with Gasteiger partial charge in [0, 0.05) is 0 Å². The van der Waals surface area contributed by atoms with Crippen molar-refractivity contribution in [3.63, 3.8) is 0 Å². The number of rotatable bonds is 8. The van der Waals surface area contributed by atoms with Crippen molar-refractivity contribution in [1.29, 1.82) is 0 Å². The number of sulfonamides is 1. The molecule has 0 radical (unpaired) electrons. The second-order valence-electron chi connectivity index (χ2n) is 8.69. The first-order valence-corrected chi connectivity index (χ1v) is 11.9. The molecular weight excluding hydrogens is 446 g/mol. The molecule has 1 aliphatic rings. The lowest BCUT2D eigenvalue weighted by molar-refractivity contribution is -0.127. The monoisotopic (exact) mass is 473 g/mol. The highest BCUT2D eigenvalue weighted by molar-refractivity contribution is 7.89. The molecule has 10 heteroatoms. The van der Waals surface area contributed by atoms with E-state index in [1.807, 2.05) is 20.8 Å². The normalized spacial score (nSPS) is 15.3. The Labute approximate surface area is 193 Å². The molecule has 0 bridgehead atoms. The fourth-order valence-electron chi connectivity index (χ4n) is 3.28. The zero-order valence-electron chi connectivity index (χ0n) is 18.7. The third-order valence-electron chi connectivity index (χ3n) is 5.20. The SMILES string of the molecule is CC(C)(C)c1ccc(S(=O)(=O)NCC(=O)NC(CN2C(=O)COC2=O)c2ccccc2)cc1. The van der Waals surface area contributed by atoms with Gasteiger partial charge in [-0.2, -0.15) is 0 Å². The fraction of sp³-hybridized carbons (Fsp3) is 0.348. The molecule has 9 nitrogen and oxygen atoms in total. The minimum atomic E-state index is -3.91. The Kier molecular flexibility index (Phi) is 7.19. The van der Waals surface area contributed by atoms with Crippen LogP contribution in [0, 0.1) is 0 Å². The van der Waals surface area contributed by atoms with Crippen LogP contribution in [-0.4, -0.2) is 50.9 Å². The average Bonchev–Trinajstić information content (AvgIpc) is 3.09. The number of ether oxygens (including phenoxy) is 1. The van der Waals surface area contributed by atoms with Crippen molar-refractivity contribution in [3.8, 4) is 0 Å². The molecule has 0 aliphatic carbocycles. The van der Waals surface area contributed by atoms with Gasteiger partial charge < -0.3 is 10.1 Å². The number of benzene rings is 2. The molecule has 1 fully saturated rings. The molecule has 33 heavy (non-hydrogen) atoms. The van der Waals surface area contributed by atoms with Gasteiger partial charge in [-0.3, -0.25) is 9.59 Å². The van der Waals surface area contributed by atoms with Gasteiger partial charge in [-0.1, -0.05) is 63.2 Å². The topological polar surface area (TPSA) is 122 Å². The predicted molar refractivity (Wildman–Crippen MR) is 121 cm³/mol. The van der Waals surface area contributed by atoms with Gasteiger partial charge in [0.05, 0.1) is 24.0 Å². The van der Waals surface area contributed by atoms with Crippen LogP contribution >= 0.6 is 0 Å². The Balaban J connectivity index is 1.67. The first-order chi connectivity index (χ1) is 15.5. The van der Waals surface area contributed by atoms with E-state index in [2.05, 4.69) is 10.0 Å². The molecule has 0 aromatic heterocycles. The molecule has 3 rings (SSSR count). The molecule has 2 aromatic rings. The van der Waals surface area contributed by atoms with Crippen molar-refractivity contribution in [2.75, 3.05) is 19.7 Å². The van der Waals surface area contributed by atoms with E-state index in [9.17, 15) is 22.8 Å². The molecule has 1 heterocycles. The van der Waals surface area contributed by atoms with Gasteiger partial charge in [0.1, 0.15) is 0 Å². The number of carbonyl (C=O) groups is 3. The van der Waals surface area contributed by atoms with Gasteiger partial charge in [-0.15, -0.1) is 0 Å². The Morgan fingerprint density at radius 1 is 1.06 bits per heavy atom. The lowest BCUT2D eigenvalue weighted by Gasteiger charge is -2.23. The van der Waals surface area contributed by atoms with Crippen molar-refractivity contribution < 1.29 is 27.5 Å². The lowest BCUT2D eigenvalue weighted by Crippen LogP contribution is -2.43. The van der Waals surface area contributed by atoms with E-state index in [1.54, 1.807) is 42.5 Å². The summed E-state index contributed by atoms with van der Waals surface area (Å²) in [6, 6.07) is 14.5. The maximum atomic E-state index is 12.6. The molecular formula is C23H27N3O6S. The molecule has 2 aromatic carbocycles. The lowest BCUT2D eigenvalue weighted by atomic mass is 9.87. The van der Waals surface area contributed by atoms with E-state index < -0.39 is 40.5 Å². The summed E-state index contributed by atoms with van der Waals surface area (Å²) < 4.78 is 32.2. The summed E-state index contributed by atoms with van der Waals surface area (Å²) in [4.78, 5) is 37.3. The van der Waals surface area contributed by atoms with Gasteiger partial charge in [0.2, 0.25) is 15.9 Å². The van der Waals surface area contributed by atoms with E-state index in [4.69, 9.17) is 4.74 Å². The Hall–Kier alpha value is -3.24. The maximum absolute atomic E-state index is 12.6. The predicted octanol–water partition coefficient (Wildman–Crippen LogP) is 2.10. The molecule has 176 valence electrons. The molecule has 0 saturated carbocycles. The third-order valence-corrected chi connectivity index (χ3v) is 6.61. The van der Waals surface area contributed by atoms with E-state index in [-0.39, 0.29) is 23.5 Å². The van der Waals surface area contributed by atoms with E-state index in [0.717, 1.165) is 10.5 Å². The largest absolute Gasteiger partial charge is 0.439 e. The maximum Gasteiger partial charge on any atom is 0.417 e. The van der Waals surface area contributed by atoms with Gasteiger partial charge in [0.15, 0.2) is 6.61 Å². The third kappa shape index (κ3) is 6.17. The summed E-state index contributed by atoms with van der Waals surface area (Å²) in [7, 11) is -3.91. The molecule has 0 spiro atoms. The number of nitrogens with one attached hydrogen (secondary N) is 2. The van der Waals surface area contributed by atoms with Crippen molar-refractivity contribution in [1.82, 2.24) is 14.9 Å². The van der Waals surface area contributed by atoms with Crippen LogP contribution in [0.4, 0.5) is 4.79 Å². The van der Waals surface area contributed by atoms with Crippen molar-refractivity contribution in [2.24, 2.45) is 0 Å². The summed E-state index contributed by atoms with van der Waals surface area (Å²) in [6.45, 7) is 5.09. The number of cyclic esters (lactones) is 1. The number of carbonyl (C=O) groups excluding carboxylic acids is 3.